The lowest BCUT2D eigenvalue weighted by Crippen LogP contribution is -2.11. The van der Waals surface area contributed by atoms with Crippen molar-refractivity contribution in [3.63, 3.8) is 0 Å². The van der Waals surface area contributed by atoms with Crippen LogP contribution in [-0.2, 0) is 10.8 Å². The van der Waals surface area contributed by atoms with Gasteiger partial charge in [-0.05, 0) is 63.9 Å². The number of pyridine rings is 2. The zero-order chi connectivity index (χ0) is 28.5. The van der Waals surface area contributed by atoms with E-state index in [0.717, 1.165) is 38.6 Å². The number of benzene rings is 4. The minimum Gasteiger partial charge on any atom is -0.353 e. The average molecular weight is 534 g/mol. The molecule has 0 fully saturated rings. The monoisotopic (exact) mass is 533 g/mol. The van der Waals surface area contributed by atoms with Gasteiger partial charge in [-0.1, -0.05) is 96.1 Å². The molecule has 0 amide bonds. The fraction of sp³-hybridized carbons (Fsp3) is 0.211. The van der Waals surface area contributed by atoms with Crippen LogP contribution in [0.5, 0.6) is 0 Å². The first kappa shape index (κ1) is 25.5. The Kier molecular flexibility index (Phi) is 5.59. The number of hydrogen-bond donors (Lipinski definition) is 1. The van der Waals surface area contributed by atoms with Crippen LogP contribution in [0.2, 0.25) is 0 Å². The van der Waals surface area contributed by atoms with Gasteiger partial charge in [0.1, 0.15) is 0 Å². The molecule has 0 saturated heterocycles. The van der Waals surface area contributed by atoms with E-state index in [0.29, 0.717) is 0 Å². The van der Waals surface area contributed by atoms with E-state index in [4.69, 9.17) is 9.97 Å². The molecule has 0 radical (unpaired) electrons. The second-order valence-corrected chi connectivity index (χ2v) is 13.3. The summed E-state index contributed by atoms with van der Waals surface area (Å²) >= 11 is 0. The maximum absolute atomic E-state index is 5.27. The molecule has 0 aliphatic heterocycles. The summed E-state index contributed by atoms with van der Waals surface area (Å²) in [6.07, 6.45) is 1.85. The molecule has 0 aliphatic carbocycles. The van der Waals surface area contributed by atoms with Gasteiger partial charge < -0.3 is 4.98 Å². The van der Waals surface area contributed by atoms with Gasteiger partial charge in [0.2, 0.25) is 0 Å². The molecule has 0 aliphatic rings. The van der Waals surface area contributed by atoms with Crippen molar-refractivity contribution in [2.75, 3.05) is 0 Å². The van der Waals surface area contributed by atoms with Crippen molar-refractivity contribution in [1.82, 2.24) is 15.0 Å². The normalized spacial score (nSPS) is 12.6. The highest BCUT2D eigenvalue weighted by Crippen LogP contribution is 2.42. The van der Waals surface area contributed by atoms with Crippen LogP contribution in [0, 0.1) is 0 Å². The predicted molar refractivity (Wildman–Crippen MR) is 175 cm³/mol. The summed E-state index contributed by atoms with van der Waals surface area (Å²) < 4.78 is 0. The molecule has 202 valence electrons. The molecule has 3 aromatic heterocycles. The number of fused-ring (bicyclic) bond motifs is 6. The maximum Gasteiger partial charge on any atom is 0.0972 e. The third-order valence-corrected chi connectivity index (χ3v) is 8.34. The summed E-state index contributed by atoms with van der Waals surface area (Å²) in [5.74, 6) is 0. The summed E-state index contributed by atoms with van der Waals surface area (Å²) in [4.78, 5) is 13.9. The third kappa shape index (κ3) is 4.28. The Bertz CT molecular complexity index is 2100. The van der Waals surface area contributed by atoms with Gasteiger partial charge in [0.15, 0.2) is 0 Å². The van der Waals surface area contributed by atoms with E-state index in [2.05, 4.69) is 131 Å². The highest BCUT2D eigenvalue weighted by atomic mass is 14.8. The predicted octanol–water partition coefficient (Wildman–Crippen LogP) is 10.3. The van der Waals surface area contributed by atoms with E-state index in [1.807, 2.05) is 12.3 Å². The van der Waals surface area contributed by atoms with Crippen LogP contribution in [-0.4, -0.2) is 15.0 Å². The van der Waals surface area contributed by atoms with Gasteiger partial charge in [0.25, 0.3) is 0 Å². The molecule has 4 aromatic carbocycles. The topological polar surface area (TPSA) is 41.6 Å². The number of nitrogens with one attached hydrogen (secondary N) is 1. The Morgan fingerprint density at radius 1 is 0.561 bits per heavy atom. The SMILES string of the molecule is CC(C)(C)c1cc(-c2ccccc2)c2[nH]c3c(-c4ccc5ccc6cccnc6c5n4)cc(C(C)(C)C)cc3c2c1. The Hall–Kier alpha value is -4.50. The molecule has 3 heterocycles. The molecular formula is C38H35N3. The van der Waals surface area contributed by atoms with Gasteiger partial charge in [-0.3, -0.25) is 4.98 Å². The van der Waals surface area contributed by atoms with Crippen molar-refractivity contribution in [1.29, 1.82) is 0 Å². The Morgan fingerprint density at radius 2 is 1.15 bits per heavy atom. The van der Waals surface area contributed by atoms with Crippen molar-refractivity contribution >= 4 is 43.6 Å². The Balaban J connectivity index is 1.60. The van der Waals surface area contributed by atoms with Gasteiger partial charge in [0.05, 0.1) is 27.8 Å². The van der Waals surface area contributed by atoms with Crippen LogP contribution in [0.15, 0.2) is 97.2 Å². The zero-order valence-corrected chi connectivity index (χ0v) is 24.6. The smallest absolute Gasteiger partial charge is 0.0972 e. The number of nitrogens with zero attached hydrogens (tertiary/aromatic N) is 2. The number of aromatic nitrogens is 3. The van der Waals surface area contributed by atoms with Gasteiger partial charge >= 0.3 is 0 Å². The first-order valence-corrected chi connectivity index (χ1v) is 14.4. The highest BCUT2D eigenvalue weighted by molar-refractivity contribution is 6.16. The minimum atomic E-state index is -0.0263. The molecule has 7 aromatic rings. The summed E-state index contributed by atoms with van der Waals surface area (Å²) in [7, 11) is 0. The zero-order valence-electron chi connectivity index (χ0n) is 24.6. The lowest BCUT2D eigenvalue weighted by Gasteiger charge is -2.21. The van der Waals surface area contributed by atoms with Crippen molar-refractivity contribution in [3.05, 3.63) is 108 Å². The lowest BCUT2D eigenvalue weighted by molar-refractivity contribution is 0.590. The molecule has 0 atom stereocenters. The van der Waals surface area contributed by atoms with Gasteiger partial charge in [-0.25, -0.2) is 4.98 Å². The van der Waals surface area contributed by atoms with E-state index in [1.165, 1.54) is 38.5 Å². The van der Waals surface area contributed by atoms with E-state index in [9.17, 15) is 0 Å². The number of rotatable bonds is 2. The molecule has 0 unspecified atom stereocenters. The van der Waals surface area contributed by atoms with Gasteiger partial charge in [-0.15, -0.1) is 0 Å². The summed E-state index contributed by atoms with van der Waals surface area (Å²) in [6.45, 7) is 13.7. The number of H-pyrrole nitrogens is 1. The maximum atomic E-state index is 5.27. The van der Waals surface area contributed by atoms with Crippen LogP contribution >= 0.6 is 0 Å². The lowest BCUT2D eigenvalue weighted by atomic mass is 9.83. The molecule has 41 heavy (non-hydrogen) atoms. The molecule has 1 N–H and O–H groups in total. The minimum absolute atomic E-state index is 0.0136. The highest BCUT2D eigenvalue weighted by Gasteiger charge is 2.23. The standard InChI is InChI=1S/C38H35N3/c1-37(2,3)26-19-28(23-11-8-7-9-12-23)35-29(20-26)30-21-27(38(4,5)6)22-31(36(30)41-35)32-17-16-25-15-14-24-13-10-18-39-33(24)34(25)40-32/h7-22,41H,1-6H3. The van der Waals surface area contributed by atoms with E-state index < -0.39 is 0 Å². The Morgan fingerprint density at radius 3 is 1.80 bits per heavy atom. The van der Waals surface area contributed by atoms with Crippen LogP contribution in [0.1, 0.15) is 52.7 Å². The van der Waals surface area contributed by atoms with E-state index in [-0.39, 0.29) is 10.8 Å². The van der Waals surface area contributed by atoms with Crippen molar-refractivity contribution in [3.8, 4) is 22.4 Å². The van der Waals surface area contributed by atoms with E-state index in [1.54, 1.807) is 0 Å². The van der Waals surface area contributed by atoms with Crippen molar-refractivity contribution in [2.45, 2.75) is 52.4 Å². The van der Waals surface area contributed by atoms with Crippen LogP contribution < -0.4 is 0 Å². The quantitative estimate of drug-likeness (QED) is 0.225. The van der Waals surface area contributed by atoms with Crippen molar-refractivity contribution in [2.24, 2.45) is 0 Å². The second kappa shape index (κ2) is 9.01. The largest absolute Gasteiger partial charge is 0.353 e. The molecule has 0 spiro atoms. The van der Waals surface area contributed by atoms with E-state index >= 15 is 0 Å². The number of hydrogen-bond acceptors (Lipinski definition) is 2. The summed E-state index contributed by atoms with van der Waals surface area (Å²) in [5.41, 5.74) is 11.3. The van der Waals surface area contributed by atoms with Crippen LogP contribution in [0.4, 0.5) is 0 Å². The van der Waals surface area contributed by atoms with Crippen LogP contribution in [0.25, 0.3) is 66.0 Å². The fourth-order valence-electron chi connectivity index (χ4n) is 5.89. The summed E-state index contributed by atoms with van der Waals surface area (Å²) in [5, 5.41) is 4.70. The average Bonchev–Trinajstić information content (AvgIpc) is 3.34. The number of aromatic amines is 1. The molecule has 7 rings (SSSR count). The van der Waals surface area contributed by atoms with Gasteiger partial charge in [0, 0.05) is 38.9 Å². The molecular weight excluding hydrogens is 498 g/mol. The van der Waals surface area contributed by atoms with Crippen molar-refractivity contribution < 1.29 is 0 Å². The third-order valence-electron chi connectivity index (χ3n) is 8.34. The Labute approximate surface area is 241 Å². The second-order valence-electron chi connectivity index (χ2n) is 13.3. The summed E-state index contributed by atoms with van der Waals surface area (Å²) in [6, 6.07) is 32.9. The first-order chi connectivity index (χ1) is 19.6. The fourth-order valence-corrected chi connectivity index (χ4v) is 5.89. The van der Waals surface area contributed by atoms with Crippen LogP contribution in [0.3, 0.4) is 0 Å². The first-order valence-electron chi connectivity index (χ1n) is 14.4. The van der Waals surface area contributed by atoms with Gasteiger partial charge in [-0.2, -0.15) is 0 Å². The molecule has 0 saturated carbocycles. The molecule has 3 nitrogen and oxygen atoms in total. The molecule has 0 bridgehead atoms. The molecule has 3 heteroatoms.